The normalized spacial score (nSPS) is 18.4. The Hall–Kier alpha value is -0.480. The van der Waals surface area contributed by atoms with Crippen molar-refractivity contribution in [3.8, 4) is 0 Å². The fourth-order valence-electron chi connectivity index (χ4n) is 2.91. The molecule has 1 aromatic rings. The third-order valence-electron chi connectivity index (χ3n) is 4.10. The molecule has 1 aliphatic carbocycles. The Labute approximate surface area is 127 Å². The summed E-state index contributed by atoms with van der Waals surface area (Å²) in [6, 6.07) is 2.15. The van der Waals surface area contributed by atoms with Gasteiger partial charge in [0.2, 0.25) is 0 Å². The van der Waals surface area contributed by atoms with Crippen LogP contribution < -0.4 is 0 Å². The Morgan fingerprint density at radius 3 is 2.75 bits per heavy atom. The van der Waals surface area contributed by atoms with Crippen LogP contribution in [0.1, 0.15) is 57.3 Å². The lowest BCUT2D eigenvalue weighted by atomic mass is 10.0. The maximum Gasteiger partial charge on any atom is 0.0685 e. The van der Waals surface area contributed by atoms with E-state index in [1.807, 2.05) is 16.4 Å². The fourth-order valence-corrected chi connectivity index (χ4v) is 4.18. The maximum atomic E-state index is 10.3. The van der Waals surface area contributed by atoms with E-state index in [4.69, 9.17) is 0 Å². The topological polar surface area (TPSA) is 38.0 Å². The monoisotopic (exact) mass is 296 g/mol. The first-order valence-electron chi connectivity index (χ1n) is 8.08. The second-order valence-corrected chi connectivity index (χ2v) is 7.08. The highest BCUT2D eigenvalue weighted by Crippen LogP contribution is 2.28. The molecule has 1 heterocycles. The number of hydrogen-bond donors (Lipinski definition) is 1. The summed E-state index contributed by atoms with van der Waals surface area (Å²) < 4.78 is 2.04. The number of thioether (sulfide) groups is 1. The molecule has 0 aromatic carbocycles. The number of rotatable bonds is 7. The molecule has 1 aromatic heterocycles. The van der Waals surface area contributed by atoms with E-state index in [-0.39, 0.29) is 6.10 Å². The van der Waals surface area contributed by atoms with Gasteiger partial charge >= 0.3 is 0 Å². The summed E-state index contributed by atoms with van der Waals surface area (Å²) in [4.78, 5) is 0. The smallest absolute Gasteiger partial charge is 0.0685 e. The highest BCUT2D eigenvalue weighted by molar-refractivity contribution is 7.99. The molecule has 1 unspecified atom stereocenters. The SMILES string of the molecule is CCc1cc(CC(O)CSC2CCCCC2)n(CC)n1. The molecular weight excluding hydrogens is 268 g/mol. The molecule has 1 aliphatic rings. The molecular formula is C16H28N2OS. The zero-order chi connectivity index (χ0) is 14.4. The van der Waals surface area contributed by atoms with Crippen LogP contribution in [0, 0.1) is 0 Å². The van der Waals surface area contributed by atoms with E-state index in [0.29, 0.717) is 0 Å². The first-order valence-corrected chi connectivity index (χ1v) is 9.13. The minimum absolute atomic E-state index is 0.242. The van der Waals surface area contributed by atoms with Gasteiger partial charge in [-0.05, 0) is 32.3 Å². The van der Waals surface area contributed by atoms with Gasteiger partial charge in [0.05, 0.1) is 11.8 Å². The van der Waals surface area contributed by atoms with Gasteiger partial charge in [-0.3, -0.25) is 4.68 Å². The summed E-state index contributed by atoms with van der Waals surface area (Å²) >= 11 is 1.97. The van der Waals surface area contributed by atoms with Gasteiger partial charge in [-0.25, -0.2) is 0 Å². The molecule has 0 radical (unpaired) electrons. The van der Waals surface area contributed by atoms with E-state index in [1.165, 1.54) is 37.8 Å². The second kappa shape index (κ2) is 8.08. The van der Waals surface area contributed by atoms with E-state index in [2.05, 4.69) is 25.0 Å². The van der Waals surface area contributed by atoms with E-state index in [1.54, 1.807) is 0 Å². The van der Waals surface area contributed by atoms with Crippen molar-refractivity contribution in [1.29, 1.82) is 0 Å². The van der Waals surface area contributed by atoms with Crippen molar-refractivity contribution in [3.05, 3.63) is 17.5 Å². The van der Waals surface area contributed by atoms with Crippen LogP contribution in [-0.2, 0) is 19.4 Å². The highest BCUT2D eigenvalue weighted by atomic mass is 32.2. The Morgan fingerprint density at radius 2 is 2.10 bits per heavy atom. The third-order valence-corrected chi connectivity index (χ3v) is 5.62. The van der Waals surface area contributed by atoms with Crippen LogP contribution in [0.5, 0.6) is 0 Å². The van der Waals surface area contributed by atoms with E-state index >= 15 is 0 Å². The summed E-state index contributed by atoms with van der Waals surface area (Å²) in [7, 11) is 0. The summed E-state index contributed by atoms with van der Waals surface area (Å²) in [5.74, 6) is 0.862. The van der Waals surface area contributed by atoms with Crippen LogP contribution in [0.3, 0.4) is 0 Å². The molecule has 1 saturated carbocycles. The lowest BCUT2D eigenvalue weighted by Gasteiger charge is -2.22. The van der Waals surface area contributed by atoms with E-state index in [9.17, 15) is 5.11 Å². The largest absolute Gasteiger partial charge is 0.392 e. The van der Waals surface area contributed by atoms with Crippen LogP contribution >= 0.6 is 11.8 Å². The molecule has 1 N–H and O–H groups in total. The van der Waals surface area contributed by atoms with Crippen molar-refractivity contribution in [2.24, 2.45) is 0 Å². The molecule has 0 saturated heterocycles. The number of aromatic nitrogens is 2. The van der Waals surface area contributed by atoms with Gasteiger partial charge in [-0.1, -0.05) is 26.2 Å². The Bertz CT molecular complexity index is 399. The highest BCUT2D eigenvalue weighted by Gasteiger charge is 2.17. The molecule has 0 spiro atoms. The first-order chi connectivity index (χ1) is 9.72. The van der Waals surface area contributed by atoms with Crippen molar-refractivity contribution in [2.45, 2.75) is 76.7 Å². The summed E-state index contributed by atoms with van der Waals surface area (Å²) in [6.07, 6.45) is 8.28. The average molecular weight is 296 g/mol. The second-order valence-electron chi connectivity index (χ2n) is 5.75. The molecule has 0 amide bonds. The van der Waals surface area contributed by atoms with Crippen molar-refractivity contribution < 1.29 is 5.11 Å². The molecule has 0 bridgehead atoms. The number of aliphatic hydroxyl groups is 1. The van der Waals surface area contributed by atoms with Crippen molar-refractivity contribution in [1.82, 2.24) is 9.78 Å². The maximum absolute atomic E-state index is 10.3. The molecule has 1 fully saturated rings. The fraction of sp³-hybridized carbons (Fsp3) is 0.812. The van der Waals surface area contributed by atoms with Gasteiger partial charge in [-0.15, -0.1) is 0 Å². The lowest BCUT2D eigenvalue weighted by Crippen LogP contribution is -2.19. The summed E-state index contributed by atoms with van der Waals surface area (Å²) in [6.45, 7) is 5.12. The number of aliphatic hydroxyl groups excluding tert-OH is 1. The lowest BCUT2D eigenvalue weighted by molar-refractivity contribution is 0.196. The van der Waals surface area contributed by atoms with Gasteiger partial charge in [0, 0.05) is 29.7 Å². The Balaban J connectivity index is 1.81. The van der Waals surface area contributed by atoms with Gasteiger partial charge in [-0.2, -0.15) is 16.9 Å². The molecule has 4 heteroatoms. The number of nitrogens with zero attached hydrogens (tertiary/aromatic N) is 2. The molecule has 3 nitrogen and oxygen atoms in total. The molecule has 2 rings (SSSR count). The summed E-state index contributed by atoms with van der Waals surface area (Å²) in [5, 5.41) is 15.6. The standard InChI is InChI=1S/C16H28N2OS/c1-3-13-10-14(18(4-2)17-13)11-15(19)12-20-16-8-6-5-7-9-16/h10,15-16,19H,3-9,11-12H2,1-2H3. The van der Waals surface area contributed by atoms with Gasteiger partial charge < -0.3 is 5.11 Å². The van der Waals surface area contributed by atoms with E-state index < -0.39 is 0 Å². The van der Waals surface area contributed by atoms with Crippen LogP contribution in [-0.4, -0.2) is 32.0 Å². The quantitative estimate of drug-likeness (QED) is 0.837. The van der Waals surface area contributed by atoms with Crippen LogP contribution in [0.4, 0.5) is 0 Å². The average Bonchev–Trinajstić information content (AvgIpc) is 2.88. The number of aryl methyl sites for hydroxylation is 2. The molecule has 0 aliphatic heterocycles. The van der Waals surface area contributed by atoms with Gasteiger partial charge in [0.1, 0.15) is 0 Å². The minimum atomic E-state index is -0.242. The van der Waals surface area contributed by atoms with E-state index in [0.717, 1.165) is 36.1 Å². The Morgan fingerprint density at radius 1 is 1.35 bits per heavy atom. The van der Waals surface area contributed by atoms with Crippen molar-refractivity contribution in [3.63, 3.8) is 0 Å². The zero-order valence-electron chi connectivity index (χ0n) is 12.8. The predicted molar refractivity (Wildman–Crippen MR) is 86.3 cm³/mol. The molecule has 20 heavy (non-hydrogen) atoms. The predicted octanol–water partition coefficient (Wildman–Crippen LogP) is 3.43. The van der Waals surface area contributed by atoms with Crippen molar-refractivity contribution >= 4 is 11.8 Å². The van der Waals surface area contributed by atoms with Crippen LogP contribution in [0.15, 0.2) is 6.07 Å². The third kappa shape index (κ3) is 4.52. The zero-order valence-corrected chi connectivity index (χ0v) is 13.7. The number of hydrogen-bond acceptors (Lipinski definition) is 3. The molecule has 114 valence electrons. The van der Waals surface area contributed by atoms with Gasteiger partial charge in [0.25, 0.3) is 0 Å². The molecule has 1 atom stereocenters. The van der Waals surface area contributed by atoms with Gasteiger partial charge in [0.15, 0.2) is 0 Å². The summed E-state index contributed by atoms with van der Waals surface area (Å²) in [5.41, 5.74) is 2.31. The minimum Gasteiger partial charge on any atom is -0.392 e. The van der Waals surface area contributed by atoms with Crippen LogP contribution in [0.25, 0.3) is 0 Å². The van der Waals surface area contributed by atoms with Crippen LogP contribution in [0.2, 0.25) is 0 Å². The Kier molecular flexibility index (Phi) is 6.43. The first kappa shape index (κ1) is 15.9. The van der Waals surface area contributed by atoms with Crippen molar-refractivity contribution in [2.75, 3.05) is 5.75 Å².